The van der Waals surface area contributed by atoms with Gasteiger partial charge in [-0.15, -0.1) is 5.10 Å². The molecule has 140 valence electrons. The Hall–Kier alpha value is -2.94. The third-order valence-corrected chi connectivity index (χ3v) is 4.39. The van der Waals surface area contributed by atoms with E-state index in [4.69, 9.17) is 9.47 Å². The third-order valence-electron chi connectivity index (χ3n) is 3.89. The quantitative estimate of drug-likeness (QED) is 0.644. The van der Waals surface area contributed by atoms with Gasteiger partial charge in [0.1, 0.15) is 11.5 Å². The predicted octanol–water partition coefficient (Wildman–Crippen LogP) is 2.93. The summed E-state index contributed by atoms with van der Waals surface area (Å²) in [7, 11) is 3.07. The van der Waals surface area contributed by atoms with E-state index in [2.05, 4.69) is 36.8 Å². The maximum absolute atomic E-state index is 12.7. The Morgan fingerprint density at radius 1 is 1.15 bits per heavy atom. The van der Waals surface area contributed by atoms with Gasteiger partial charge in [-0.05, 0) is 47.7 Å². The van der Waals surface area contributed by atoms with Gasteiger partial charge in [-0.2, -0.15) is 4.68 Å². The molecule has 0 spiro atoms. The van der Waals surface area contributed by atoms with Crippen molar-refractivity contribution < 1.29 is 14.3 Å². The van der Waals surface area contributed by atoms with Crippen LogP contribution in [0.25, 0.3) is 5.69 Å². The van der Waals surface area contributed by atoms with Crippen molar-refractivity contribution in [2.75, 3.05) is 14.2 Å². The topological polar surface area (TPSA) is 91.2 Å². The van der Waals surface area contributed by atoms with Crippen LogP contribution in [0.4, 0.5) is 0 Å². The molecule has 0 radical (unpaired) electrons. The number of carbonyl (C=O) groups is 1. The van der Waals surface area contributed by atoms with Gasteiger partial charge in [0.25, 0.3) is 5.91 Å². The zero-order valence-electron chi connectivity index (χ0n) is 15.0. The van der Waals surface area contributed by atoms with Crippen molar-refractivity contribution in [2.45, 2.75) is 13.0 Å². The second-order valence-corrected chi connectivity index (χ2v) is 6.64. The van der Waals surface area contributed by atoms with Crippen LogP contribution >= 0.6 is 15.9 Å². The normalized spacial score (nSPS) is 11.7. The monoisotopic (exact) mass is 431 g/mol. The number of methoxy groups -OCH3 is 2. The number of amides is 1. The predicted molar refractivity (Wildman–Crippen MR) is 102 cm³/mol. The van der Waals surface area contributed by atoms with Crippen molar-refractivity contribution in [3.05, 3.63) is 58.3 Å². The molecule has 8 nitrogen and oxygen atoms in total. The average molecular weight is 432 g/mol. The Morgan fingerprint density at radius 2 is 1.85 bits per heavy atom. The van der Waals surface area contributed by atoms with Gasteiger partial charge in [0.05, 0.1) is 25.9 Å². The zero-order chi connectivity index (χ0) is 19.4. The molecule has 3 aromatic rings. The number of aromatic nitrogens is 4. The molecule has 1 heterocycles. The molecule has 1 atom stereocenters. The van der Waals surface area contributed by atoms with Gasteiger partial charge >= 0.3 is 0 Å². The summed E-state index contributed by atoms with van der Waals surface area (Å²) in [6, 6.07) is 12.1. The van der Waals surface area contributed by atoms with Crippen LogP contribution in [0, 0.1) is 0 Å². The van der Waals surface area contributed by atoms with Crippen molar-refractivity contribution in [3.63, 3.8) is 0 Å². The number of nitrogens with one attached hydrogen (secondary N) is 1. The molecule has 0 saturated heterocycles. The van der Waals surface area contributed by atoms with Crippen molar-refractivity contribution >= 4 is 21.8 Å². The number of hydrogen-bond acceptors (Lipinski definition) is 6. The molecular weight excluding hydrogens is 414 g/mol. The summed E-state index contributed by atoms with van der Waals surface area (Å²) in [6.45, 7) is 1.81. The van der Waals surface area contributed by atoms with Crippen LogP contribution in [0.5, 0.6) is 11.5 Å². The van der Waals surface area contributed by atoms with E-state index in [1.165, 1.54) is 14.2 Å². The van der Waals surface area contributed by atoms with E-state index in [9.17, 15) is 4.79 Å². The van der Waals surface area contributed by atoms with Crippen LogP contribution < -0.4 is 14.8 Å². The minimum atomic E-state index is -0.427. The van der Waals surface area contributed by atoms with E-state index >= 15 is 0 Å². The lowest BCUT2D eigenvalue weighted by Gasteiger charge is -2.15. The molecule has 1 amide bonds. The first-order valence-electron chi connectivity index (χ1n) is 8.10. The summed E-state index contributed by atoms with van der Waals surface area (Å²) in [5.41, 5.74) is 1.20. The fraction of sp³-hybridized carbons (Fsp3) is 0.222. The van der Waals surface area contributed by atoms with Gasteiger partial charge in [-0.25, -0.2) is 0 Å². The van der Waals surface area contributed by atoms with Crippen LogP contribution in [0.1, 0.15) is 29.1 Å². The van der Waals surface area contributed by atoms with E-state index in [0.717, 1.165) is 10.2 Å². The van der Waals surface area contributed by atoms with Crippen LogP contribution in [-0.2, 0) is 0 Å². The minimum absolute atomic E-state index is 0.288. The highest BCUT2D eigenvalue weighted by atomic mass is 79.9. The maximum Gasteiger partial charge on any atom is 0.252 e. The molecule has 0 bridgehead atoms. The fourth-order valence-electron chi connectivity index (χ4n) is 2.54. The van der Waals surface area contributed by atoms with Gasteiger partial charge in [0, 0.05) is 16.1 Å². The number of ether oxygens (including phenoxy) is 2. The molecule has 9 heteroatoms. The average Bonchev–Trinajstić information content (AvgIpc) is 3.17. The summed E-state index contributed by atoms with van der Waals surface area (Å²) in [6.07, 6.45) is 0. The Kier molecular flexibility index (Phi) is 5.70. The van der Waals surface area contributed by atoms with Gasteiger partial charge < -0.3 is 14.8 Å². The second kappa shape index (κ2) is 8.17. The van der Waals surface area contributed by atoms with Crippen molar-refractivity contribution in [1.29, 1.82) is 0 Å². The number of benzene rings is 2. The number of carbonyl (C=O) groups excluding carboxylic acids is 1. The second-order valence-electron chi connectivity index (χ2n) is 5.73. The molecule has 3 rings (SSSR count). The molecule has 1 N–H and O–H groups in total. The summed E-state index contributed by atoms with van der Waals surface area (Å²) in [4.78, 5) is 12.7. The van der Waals surface area contributed by atoms with Gasteiger partial charge in [0.15, 0.2) is 5.82 Å². The van der Waals surface area contributed by atoms with Crippen LogP contribution in [-0.4, -0.2) is 40.3 Å². The smallest absolute Gasteiger partial charge is 0.252 e. The molecule has 0 aliphatic heterocycles. The lowest BCUT2D eigenvalue weighted by atomic mass is 10.1. The zero-order valence-corrected chi connectivity index (χ0v) is 16.6. The SMILES string of the molecule is COc1cc(OC)cc(C(=O)NC(C)c2nnnn2-c2cccc(Br)c2)c1. The number of halogens is 1. The van der Waals surface area contributed by atoms with Crippen molar-refractivity contribution in [3.8, 4) is 17.2 Å². The largest absolute Gasteiger partial charge is 0.497 e. The number of rotatable bonds is 6. The van der Waals surface area contributed by atoms with Gasteiger partial charge in [-0.3, -0.25) is 4.79 Å². The highest BCUT2D eigenvalue weighted by Crippen LogP contribution is 2.23. The first-order chi connectivity index (χ1) is 13.0. The fourth-order valence-corrected chi connectivity index (χ4v) is 2.93. The molecule has 0 aliphatic carbocycles. The van der Waals surface area contributed by atoms with E-state index < -0.39 is 6.04 Å². The molecule has 1 unspecified atom stereocenters. The van der Waals surface area contributed by atoms with E-state index in [1.807, 2.05) is 31.2 Å². The number of hydrogen-bond donors (Lipinski definition) is 1. The van der Waals surface area contributed by atoms with Crippen molar-refractivity contribution in [1.82, 2.24) is 25.5 Å². The lowest BCUT2D eigenvalue weighted by molar-refractivity contribution is 0.0937. The van der Waals surface area contributed by atoms with E-state index in [1.54, 1.807) is 22.9 Å². The number of tetrazole rings is 1. The van der Waals surface area contributed by atoms with Gasteiger partial charge in [-0.1, -0.05) is 22.0 Å². The molecule has 1 aromatic heterocycles. The maximum atomic E-state index is 12.7. The van der Waals surface area contributed by atoms with Crippen LogP contribution in [0.15, 0.2) is 46.9 Å². The Labute approximate surface area is 164 Å². The van der Waals surface area contributed by atoms with Crippen molar-refractivity contribution in [2.24, 2.45) is 0 Å². The van der Waals surface area contributed by atoms with E-state index in [0.29, 0.717) is 22.9 Å². The third kappa shape index (κ3) is 4.25. The lowest BCUT2D eigenvalue weighted by Crippen LogP contribution is -2.28. The Morgan fingerprint density at radius 3 is 2.48 bits per heavy atom. The summed E-state index contributed by atoms with van der Waals surface area (Å²) in [5, 5.41) is 14.7. The highest BCUT2D eigenvalue weighted by Gasteiger charge is 2.19. The highest BCUT2D eigenvalue weighted by molar-refractivity contribution is 9.10. The summed E-state index contributed by atoms with van der Waals surface area (Å²) >= 11 is 3.43. The molecular formula is C18H18BrN5O3. The van der Waals surface area contributed by atoms with Gasteiger partial charge in [0.2, 0.25) is 0 Å². The Balaban J connectivity index is 1.83. The first-order valence-corrected chi connectivity index (χ1v) is 8.89. The Bertz CT molecular complexity index is 937. The first kappa shape index (κ1) is 18.8. The molecule has 2 aromatic carbocycles. The van der Waals surface area contributed by atoms with Crippen LogP contribution in [0.2, 0.25) is 0 Å². The minimum Gasteiger partial charge on any atom is -0.497 e. The molecule has 0 fully saturated rings. The summed E-state index contributed by atoms with van der Waals surface area (Å²) < 4.78 is 12.9. The molecule has 27 heavy (non-hydrogen) atoms. The standard InChI is InChI=1S/C18H18BrN5O3/c1-11(17-21-22-23-24(17)14-6-4-5-13(19)9-14)20-18(25)12-7-15(26-2)10-16(8-12)27-3/h4-11H,1-3H3,(H,20,25). The molecule has 0 saturated carbocycles. The molecule has 0 aliphatic rings. The number of nitrogens with zero attached hydrogens (tertiary/aromatic N) is 4. The van der Waals surface area contributed by atoms with Crippen LogP contribution in [0.3, 0.4) is 0 Å². The van der Waals surface area contributed by atoms with E-state index in [-0.39, 0.29) is 5.91 Å². The summed E-state index contributed by atoms with van der Waals surface area (Å²) in [5.74, 6) is 1.29.